The number of rotatable bonds is 4. The highest BCUT2D eigenvalue weighted by Gasteiger charge is 2.30. The van der Waals surface area contributed by atoms with E-state index in [4.69, 9.17) is 4.74 Å². The second kappa shape index (κ2) is 5.83. The molecule has 0 aliphatic rings. The van der Waals surface area contributed by atoms with Crippen LogP contribution in [-0.4, -0.2) is 17.1 Å². The Bertz CT molecular complexity index is 827. The van der Waals surface area contributed by atoms with Gasteiger partial charge in [0, 0.05) is 12.6 Å². The van der Waals surface area contributed by atoms with E-state index in [9.17, 15) is 13.2 Å². The lowest BCUT2D eigenvalue weighted by Crippen LogP contribution is -2.07. The predicted molar refractivity (Wildman–Crippen MR) is 81.4 cm³/mol. The smallest absolute Gasteiger partial charge is 0.416 e. The molecule has 0 aliphatic carbocycles. The molecule has 2 N–H and O–H groups in total. The van der Waals surface area contributed by atoms with Gasteiger partial charge < -0.3 is 15.0 Å². The first-order valence-electron chi connectivity index (χ1n) is 6.89. The zero-order chi connectivity index (χ0) is 16.4. The number of halogens is 3. The Morgan fingerprint density at radius 2 is 2.00 bits per heavy atom. The number of aromatic amines is 1. The van der Waals surface area contributed by atoms with E-state index in [0.29, 0.717) is 17.3 Å². The van der Waals surface area contributed by atoms with Gasteiger partial charge in [-0.05, 0) is 29.8 Å². The van der Waals surface area contributed by atoms with Crippen molar-refractivity contribution < 1.29 is 17.9 Å². The first-order chi connectivity index (χ1) is 11.0. The second-order valence-corrected chi connectivity index (χ2v) is 5.02. The van der Waals surface area contributed by atoms with Crippen LogP contribution in [0.25, 0.3) is 11.0 Å². The third kappa shape index (κ3) is 3.39. The van der Waals surface area contributed by atoms with Gasteiger partial charge in [-0.2, -0.15) is 13.2 Å². The number of hydrogen-bond acceptors (Lipinski definition) is 3. The SMILES string of the molecule is COc1ccc2nc(NCc3cccc(C(F)(F)F)c3)[nH]c2c1. The number of fused-ring (bicyclic) bond motifs is 1. The normalized spacial score (nSPS) is 11.7. The number of aromatic nitrogens is 2. The molecule has 0 atom stereocenters. The van der Waals surface area contributed by atoms with Crippen molar-refractivity contribution in [3.63, 3.8) is 0 Å². The summed E-state index contributed by atoms with van der Waals surface area (Å²) in [5.74, 6) is 1.19. The number of H-pyrrole nitrogens is 1. The molecule has 3 aromatic rings. The zero-order valence-corrected chi connectivity index (χ0v) is 12.2. The highest BCUT2D eigenvalue weighted by Crippen LogP contribution is 2.29. The van der Waals surface area contributed by atoms with Gasteiger partial charge in [0.2, 0.25) is 5.95 Å². The summed E-state index contributed by atoms with van der Waals surface area (Å²) in [6.45, 7) is 0.237. The van der Waals surface area contributed by atoms with Gasteiger partial charge in [-0.25, -0.2) is 4.98 Å². The molecule has 0 radical (unpaired) electrons. The minimum atomic E-state index is -4.34. The fourth-order valence-corrected chi connectivity index (χ4v) is 2.24. The molecule has 1 aromatic heterocycles. The number of nitrogens with one attached hydrogen (secondary N) is 2. The van der Waals surface area contributed by atoms with E-state index in [1.807, 2.05) is 0 Å². The molecule has 0 saturated heterocycles. The van der Waals surface area contributed by atoms with E-state index < -0.39 is 11.7 Å². The van der Waals surface area contributed by atoms with Gasteiger partial charge in [0.15, 0.2) is 0 Å². The van der Waals surface area contributed by atoms with Crippen molar-refractivity contribution >= 4 is 17.0 Å². The first kappa shape index (κ1) is 15.2. The van der Waals surface area contributed by atoms with Crippen molar-refractivity contribution in [2.75, 3.05) is 12.4 Å². The van der Waals surface area contributed by atoms with Crippen molar-refractivity contribution in [1.29, 1.82) is 0 Å². The van der Waals surface area contributed by atoms with Crippen LogP contribution in [0.4, 0.5) is 19.1 Å². The van der Waals surface area contributed by atoms with Crippen molar-refractivity contribution in [2.24, 2.45) is 0 Å². The summed E-state index contributed by atoms with van der Waals surface area (Å²) in [7, 11) is 1.57. The van der Waals surface area contributed by atoms with Crippen molar-refractivity contribution in [3.8, 4) is 5.75 Å². The molecule has 1 heterocycles. The van der Waals surface area contributed by atoms with E-state index in [0.717, 1.165) is 23.2 Å². The molecule has 0 bridgehead atoms. The third-order valence-corrected chi connectivity index (χ3v) is 3.40. The lowest BCUT2D eigenvalue weighted by molar-refractivity contribution is -0.137. The summed E-state index contributed by atoms with van der Waals surface area (Å²) >= 11 is 0. The predicted octanol–water partition coefficient (Wildman–Crippen LogP) is 4.20. The molecule has 0 amide bonds. The number of hydrogen-bond donors (Lipinski definition) is 2. The van der Waals surface area contributed by atoms with Gasteiger partial charge >= 0.3 is 6.18 Å². The van der Waals surface area contributed by atoms with Crippen LogP contribution in [0.3, 0.4) is 0 Å². The molecule has 120 valence electrons. The summed E-state index contributed by atoms with van der Waals surface area (Å²) in [4.78, 5) is 7.39. The Morgan fingerprint density at radius 1 is 1.17 bits per heavy atom. The molecule has 0 spiro atoms. The number of benzene rings is 2. The van der Waals surface area contributed by atoms with Crippen LogP contribution in [0, 0.1) is 0 Å². The number of alkyl halides is 3. The highest BCUT2D eigenvalue weighted by molar-refractivity contribution is 5.79. The number of nitrogens with zero attached hydrogens (tertiary/aromatic N) is 1. The Labute approximate surface area is 130 Å². The fraction of sp³-hybridized carbons (Fsp3) is 0.188. The van der Waals surface area contributed by atoms with E-state index in [1.54, 1.807) is 31.4 Å². The van der Waals surface area contributed by atoms with Gasteiger partial charge in [0.1, 0.15) is 5.75 Å². The molecule has 0 aliphatic heterocycles. The van der Waals surface area contributed by atoms with Gasteiger partial charge in [0.05, 0.1) is 23.7 Å². The standard InChI is InChI=1S/C16H14F3N3O/c1-23-12-5-6-13-14(8-12)22-15(21-13)20-9-10-3-2-4-11(7-10)16(17,18)19/h2-8H,9H2,1H3,(H2,20,21,22). The van der Waals surface area contributed by atoms with Gasteiger partial charge in [0.25, 0.3) is 0 Å². The average Bonchev–Trinajstić information content (AvgIpc) is 2.94. The van der Waals surface area contributed by atoms with Gasteiger partial charge in [-0.3, -0.25) is 0 Å². The first-order valence-corrected chi connectivity index (χ1v) is 6.89. The fourth-order valence-electron chi connectivity index (χ4n) is 2.24. The summed E-state index contributed by atoms with van der Waals surface area (Å²) in [6, 6.07) is 10.6. The minimum absolute atomic E-state index is 0.237. The molecular formula is C16H14F3N3O. The van der Waals surface area contributed by atoms with E-state index in [1.165, 1.54) is 6.07 Å². The maximum Gasteiger partial charge on any atom is 0.416 e. The Kier molecular flexibility index (Phi) is 3.85. The van der Waals surface area contributed by atoms with Crippen LogP contribution in [0.1, 0.15) is 11.1 Å². The molecule has 7 heteroatoms. The quantitative estimate of drug-likeness (QED) is 0.757. The van der Waals surface area contributed by atoms with Crippen molar-refractivity contribution in [2.45, 2.75) is 12.7 Å². The van der Waals surface area contributed by atoms with Crippen LogP contribution in [-0.2, 0) is 12.7 Å². The maximum atomic E-state index is 12.7. The summed E-state index contributed by atoms with van der Waals surface area (Å²) in [6.07, 6.45) is -4.34. The van der Waals surface area contributed by atoms with E-state index in [2.05, 4.69) is 15.3 Å². The number of ether oxygens (including phenoxy) is 1. The number of methoxy groups -OCH3 is 1. The molecule has 0 saturated carbocycles. The van der Waals surface area contributed by atoms with E-state index in [-0.39, 0.29) is 6.54 Å². The molecule has 2 aromatic carbocycles. The second-order valence-electron chi connectivity index (χ2n) is 5.02. The molecule has 3 rings (SSSR count). The van der Waals surface area contributed by atoms with Crippen molar-refractivity contribution in [1.82, 2.24) is 9.97 Å². The molecular weight excluding hydrogens is 307 g/mol. The molecule has 0 unspecified atom stereocenters. The topological polar surface area (TPSA) is 49.9 Å². The summed E-state index contributed by atoms with van der Waals surface area (Å²) in [5.41, 5.74) is 1.40. The Morgan fingerprint density at radius 3 is 2.74 bits per heavy atom. The largest absolute Gasteiger partial charge is 0.497 e. The molecule has 23 heavy (non-hydrogen) atoms. The molecule has 4 nitrogen and oxygen atoms in total. The van der Waals surface area contributed by atoms with Gasteiger partial charge in [-0.1, -0.05) is 12.1 Å². The average molecular weight is 321 g/mol. The van der Waals surface area contributed by atoms with Crippen LogP contribution in [0.5, 0.6) is 5.75 Å². The van der Waals surface area contributed by atoms with Crippen molar-refractivity contribution in [3.05, 3.63) is 53.6 Å². The Balaban J connectivity index is 1.75. The highest BCUT2D eigenvalue weighted by atomic mass is 19.4. The van der Waals surface area contributed by atoms with Crippen LogP contribution >= 0.6 is 0 Å². The van der Waals surface area contributed by atoms with Crippen LogP contribution < -0.4 is 10.1 Å². The van der Waals surface area contributed by atoms with Gasteiger partial charge in [-0.15, -0.1) is 0 Å². The van der Waals surface area contributed by atoms with Crippen LogP contribution in [0.2, 0.25) is 0 Å². The minimum Gasteiger partial charge on any atom is -0.497 e. The Hall–Kier alpha value is -2.70. The summed E-state index contributed by atoms with van der Waals surface area (Å²) < 4.78 is 43.2. The maximum absolute atomic E-state index is 12.7. The summed E-state index contributed by atoms with van der Waals surface area (Å²) in [5, 5.41) is 2.99. The van der Waals surface area contributed by atoms with Crippen LogP contribution in [0.15, 0.2) is 42.5 Å². The zero-order valence-electron chi connectivity index (χ0n) is 12.2. The third-order valence-electron chi connectivity index (χ3n) is 3.40. The number of imidazole rings is 1. The monoisotopic (exact) mass is 321 g/mol. The lowest BCUT2D eigenvalue weighted by Gasteiger charge is -2.09. The van der Waals surface area contributed by atoms with E-state index >= 15 is 0 Å². The number of anilines is 1. The lowest BCUT2D eigenvalue weighted by atomic mass is 10.1. The molecule has 0 fully saturated rings.